The van der Waals surface area contributed by atoms with Crippen molar-refractivity contribution in [1.29, 1.82) is 0 Å². The minimum absolute atomic E-state index is 0.0966. The van der Waals surface area contributed by atoms with Gasteiger partial charge < -0.3 is 10.2 Å². The number of nitrogens with one attached hydrogen (secondary N) is 1. The van der Waals surface area contributed by atoms with Crippen LogP contribution in [0.25, 0.3) is 16.9 Å². The van der Waals surface area contributed by atoms with Gasteiger partial charge in [-0.15, -0.1) is 0 Å². The van der Waals surface area contributed by atoms with Gasteiger partial charge in [-0.1, -0.05) is 77.3 Å². The average Bonchev–Trinajstić information content (AvgIpc) is 3.26. The molecule has 1 aliphatic rings. The molecule has 0 bridgehead atoms. The summed E-state index contributed by atoms with van der Waals surface area (Å²) in [5.41, 5.74) is 3.79. The number of amides is 2. The number of carbonyl (C=O) groups excluding carboxylic acids is 2. The molecule has 0 radical (unpaired) electrons. The van der Waals surface area contributed by atoms with Gasteiger partial charge in [0.25, 0.3) is 5.91 Å². The van der Waals surface area contributed by atoms with Gasteiger partial charge in [0.05, 0.1) is 21.9 Å². The standard InChI is InChI=1S/C30H27Cl3N4O2/c1-19-27(29(39)36-16-14-30(15-17-36,34-20(2)38)22-6-4-3-5-7-22)35-37(26-13-12-24(32)18-25(26)33)28(19)21-8-10-23(31)11-9-21/h3-13,18H,14-17H2,1-2H3,(H,34,38). The fraction of sp³-hybridized carbons (Fsp3) is 0.233. The Morgan fingerprint density at radius 3 is 2.15 bits per heavy atom. The molecular formula is C30H27Cl3N4O2. The van der Waals surface area contributed by atoms with E-state index in [0.29, 0.717) is 52.4 Å². The van der Waals surface area contributed by atoms with Crippen molar-refractivity contribution in [3.05, 3.63) is 105 Å². The van der Waals surface area contributed by atoms with Gasteiger partial charge in [0.2, 0.25) is 5.91 Å². The Balaban J connectivity index is 1.51. The Kier molecular flexibility index (Phi) is 7.72. The molecule has 0 unspecified atom stereocenters. The highest BCUT2D eigenvalue weighted by Gasteiger charge is 2.39. The molecule has 0 atom stereocenters. The summed E-state index contributed by atoms with van der Waals surface area (Å²) in [6.45, 7) is 4.36. The Morgan fingerprint density at radius 1 is 0.897 bits per heavy atom. The Bertz CT molecular complexity index is 1530. The third-order valence-corrected chi connectivity index (χ3v) is 8.02. The second kappa shape index (κ2) is 11.0. The van der Waals surface area contributed by atoms with Crippen LogP contribution in [0.1, 0.15) is 41.4 Å². The van der Waals surface area contributed by atoms with E-state index < -0.39 is 5.54 Å². The molecule has 0 saturated carbocycles. The molecule has 1 fully saturated rings. The first-order chi connectivity index (χ1) is 18.7. The molecule has 1 aromatic heterocycles. The lowest BCUT2D eigenvalue weighted by Crippen LogP contribution is -2.53. The molecular weight excluding hydrogens is 555 g/mol. The van der Waals surface area contributed by atoms with E-state index in [9.17, 15) is 9.59 Å². The van der Waals surface area contributed by atoms with Crippen molar-refractivity contribution in [2.45, 2.75) is 32.2 Å². The van der Waals surface area contributed by atoms with Crippen molar-refractivity contribution in [1.82, 2.24) is 20.0 Å². The van der Waals surface area contributed by atoms with E-state index in [4.69, 9.17) is 39.9 Å². The lowest BCUT2D eigenvalue weighted by atomic mass is 9.80. The van der Waals surface area contributed by atoms with Crippen molar-refractivity contribution in [2.24, 2.45) is 0 Å². The molecule has 1 saturated heterocycles. The maximum Gasteiger partial charge on any atom is 0.274 e. The van der Waals surface area contributed by atoms with Gasteiger partial charge in [-0.05, 0) is 55.7 Å². The van der Waals surface area contributed by atoms with Gasteiger partial charge in [0, 0.05) is 41.2 Å². The summed E-state index contributed by atoms with van der Waals surface area (Å²) in [4.78, 5) is 27.8. The molecule has 1 aliphatic heterocycles. The second-order valence-electron chi connectivity index (χ2n) is 9.76. The van der Waals surface area contributed by atoms with Crippen LogP contribution in [-0.2, 0) is 10.3 Å². The predicted molar refractivity (Wildman–Crippen MR) is 156 cm³/mol. The fourth-order valence-corrected chi connectivity index (χ4v) is 5.91. The summed E-state index contributed by atoms with van der Waals surface area (Å²) in [6.07, 6.45) is 1.18. The number of carbonyl (C=O) groups is 2. The summed E-state index contributed by atoms with van der Waals surface area (Å²) in [6, 6.07) is 22.5. The highest BCUT2D eigenvalue weighted by molar-refractivity contribution is 6.35. The Hall–Kier alpha value is -3.32. The lowest BCUT2D eigenvalue weighted by molar-refractivity contribution is -0.121. The Morgan fingerprint density at radius 2 is 1.54 bits per heavy atom. The molecule has 4 aromatic rings. The monoisotopic (exact) mass is 580 g/mol. The first kappa shape index (κ1) is 27.3. The zero-order valence-corrected chi connectivity index (χ0v) is 23.8. The molecule has 0 spiro atoms. The molecule has 2 amide bonds. The fourth-order valence-electron chi connectivity index (χ4n) is 5.29. The van der Waals surface area contributed by atoms with Crippen LogP contribution in [0.2, 0.25) is 15.1 Å². The van der Waals surface area contributed by atoms with Crippen LogP contribution < -0.4 is 5.32 Å². The number of halogens is 3. The number of benzene rings is 3. The maximum absolute atomic E-state index is 13.9. The number of hydrogen-bond donors (Lipinski definition) is 1. The molecule has 9 heteroatoms. The minimum Gasteiger partial charge on any atom is -0.347 e. The zero-order valence-electron chi connectivity index (χ0n) is 21.5. The lowest BCUT2D eigenvalue weighted by Gasteiger charge is -2.42. The molecule has 1 N–H and O–H groups in total. The van der Waals surface area contributed by atoms with Crippen molar-refractivity contribution in [3.8, 4) is 16.9 Å². The summed E-state index contributed by atoms with van der Waals surface area (Å²) in [5.74, 6) is -0.267. The summed E-state index contributed by atoms with van der Waals surface area (Å²) in [5, 5.41) is 9.47. The largest absolute Gasteiger partial charge is 0.347 e. The van der Waals surface area contributed by atoms with Gasteiger partial charge in [-0.25, -0.2) is 4.68 Å². The van der Waals surface area contributed by atoms with E-state index in [1.54, 1.807) is 39.9 Å². The molecule has 39 heavy (non-hydrogen) atoms. The van der Waals surface area contributed by atoms with Crippen LogP contribution in [0.4, 0.5) is 0 Å². The van der Waals surface area contributed by atoms with Gasteiger partial charge in [0.1, 0.15) is 0 Å². The number of aromatic nitrogens is 2. The Labute approximate surface area is 242 Å². The van der Waals surface area contributed by atoms with Gasteiger partial charge >= 0.3 is 0 Å². The molecule has 0 aliphatic carbocycles. The van der Waals surface area contributed by atoms with Crippen LogP contribution >= 0.6 is 34.8 Å². The van der Waals surface area contributed by atoms with Crippen molar-refractivity contribution >= 4 is 46.6 Å². The second-order valence-corrected chi connectivity index (χ2v) is 11.0. The highest BCUT2D eigenvalue weighted by Crippen LogP contribution is 2.36. The predicted octanol–water partition coefficient (Wildman–Crippen LogP) is 7.08. The third kappa shape index (κ3) is 5.42. The van der Waals surface area contributed by atoms with Crippen LogP contribution in [0.15, 0.2) is 72.8 Å². The van der Waals surface area contributed by atoms with E-state index in [-0.39, 0.29) is 11.8 Å². The molecule has 3 aromatic carbocycles. The molecule has 200 valence electrons. The molecule has 2 heterocycles. The topological polar surface area (TPSA) is 67.2 Å². The summed E-state index contributed by atoms with van der Waals surface area (Å²) >= 11 is 18.9. The minimum atomic E-state index is -0.524. The first-order valence-corrected chi connectivity index (χ1v) is 13.8. The number of likely N-dealkylation sites (tertiary alicyclic amines) is 1. The van der Waals surface area contributed by atoms with Crippen LogP contribution in [0, 0.1) is 6.92 Å². The zero-order chi connectivity index (χ0) is 27.7. The van der Waals surface area contributed by atoms with E-state index in [0.717, 1.165) is 22.4 Å². The van der Waals surface area contributed by atoms with Gasteiger partial charge in [0.15, 0.2) is 5.69 Å². The number of rotatable bonds is 5. The quantitative estimate of drug-likeness (QED) is 0.274. The molecule has 6 nitrogen and oxygen atoms in total. The van der Waals surface area contributed by atoms with Gasteiger partial charge in [-0.2, -0.15) is 5.10 Å². The van der Waals surface area contributed by atoms with Crippen molar-refractivity contribution in [3.63, 3.8) is 0 Å². The smallest absolute Gasteiger partial charge is 0.274 e. The van der Waals surface area contributed by atoms with Crippen molar-refractivity contribution in [2.75, 3.05) is 13.1 Å². The van der Waals surface area contributed by atoms with Crippen LogP contribution in [-0.4, -0.2) is 39.6 Å². The SMILES string of the molecule is CC(=O)NC1(c2ccccc2)CCN(C(=O)c2nn(-c3ccc(Cl)cc3Cl)c(-c3ccc(Cl)cc3)c2C)CC1. The molecule has 5 rings (SSSR count). The normalized spacial score (nSPS) is 14.7. The van der Waals surface area contributed by atoms with Gasteiger partial charge in [-0.3, -0.25) is 9.59 Å². The highest BCUT2D eigenvalue weighted by atomic mass is 35.5. The third-order valence-electron chi connectivity index (χ3n) is 7.23. The number of hydrogen-bond acceptors (Lipinski definition) is 3. The van der Waals surface area contributed by atoms with Crippen molar-refractivity contribution < 1.29 is 9.59 Å². The average molecular weight is 582 g/mol. The van der Waals surface area contributed by atoms with Crippen LogP contribution in [0.3, 0.4) is 0 Å². The first-order valence-electron chi connectivity index (χ1n) is 12.6. The van der Waals surface area contributed by atoms with E-state index in [2.05, 4.69) is 5.32 Å². The van der Waals surface area contributed by atoms with E-state index in [1.807, 2.05) is 49.4 Å². The van der Waals surface area contributed by atoms with Crippen LogP contribution in [0.5, 0.6) is 0 Å². The number of nitrogens with zero attached hydrogens (tertiary/aromatic N) is 3. The van der Waals surface area contributed by atoms with E-state index in [1.165, 1.54) is 6.92 Å². The summed E-state index contributed by atoms with van der Waals surface area (Å²) in [7, 11) is 0. The summed E-state index contributed by atoms with van der Waals surface area (Å²) < 4.78 is 1.69. The maximum atomic E-state index is 13.9. The number of piperidine rings is 1. The van der Waals surface area contributed by atoms with E-state index >= 15 is 0 Å².